The molecular weight excluding hydrogens is 346 g/mol. The molecule has 0 unspecified atom stereocenters. The molecule has 0 aliphatic rings. The zero-order chi connectivity index (χ0) is 18.5. The molecule has 0 saturated heterocycles. The molecule has 1 N–H and O–H groups in total. The molecule has 3 aromatic rings. The van der Waals surface area contributed by atoms with Gasteiger partial charge in [-0.1, -0.05) is 5.16 Å². The zero-order valence-corrected chi connectivity index (χ0v) is 13.9. The van der Waals surface area contributed by atoms with Gasteiger partial charge in [0.1, 0.15) is 12.4 Å². The van der Waals surface area contributed by atoms with Crippen molar-refractivity contribution in [3.05, 3.63) is 65.3 Å². The molecule has 0 spiro atoms. The van der Waals surface area contributed by atoms with Crippen molar-refractivity contribution >= 4 is 5.91 Å². The molecule has 0 radical (unpaired) electrons. The van der Waals surface area contributed by atoms with E-state index in [4.69, 9.17) is 9.26 Å². The molecule has 3 rings (SSSR count). The Labute approximate surface area is 147 Å². The molecule has 0 atom stereocenters. The second-order valence-corrected chi connectivity index (χ2v) is 5.57. The van der Waals surface area contributed by atoms with Gasteiger partial charge in [-0.05, 0) is 24.1 Å². The van der Waals surface area contributed by atoms with E-state index in [1.807, 2.05) is 13.2 Å². The quantitative estimate of drug-likeness (QED) is 0.697. The van der Waals surface area contributed by atoms with Crippen molar-refractivity contribution in [1.82, 2.24) is 20.3 Å². The summed E-state index contributed by atoms with van der Waals surface area (Å²) in [6.07, 6.45) is 4.25. The molecule has 136 valence electrons. The summed E-state index contributed by atoms with van der Waals surface area (Å²) < 4.78 is 37.9. The topological polar surface area (TPSA) is 82.2 Å². The molecule has 0 aliphatic heterocycles. The van der Waals surface area contributed by atoms with Crippen LogP contribution in [0.4, 0.5) is 8.78 Å². The molecule has 2 heterocycles. The zero-order valence-electron chi connectivity index (χ0n) is 13.9. The Morgan fingerprint density at radius 2 is 2.15 bits per heavy atom. The van der Waals surface area contributed by atoms with Crippen LogP contribution in [0.25, 0.3) is 0 Å². The summed E-state index contributed by atoms with van der Waals surface area (Å²) in [7, 11) is 1.82. The minimum atomic E-state index is -1.01. The van der Waals surface area contributed by atoms with Gasteiger partial charge in [0, 0.05) is 31.9 Å². The number of nitrogens with zero attached hydrogens (tertiary/aromatic N) is 3. The van der Waals surface area contributed by atoms with E-state index in [9.17, 15) is 13.6 Å². The molecule has 7 nitrogen and oxygen atoms in total. The first kappa shape index (κ1) is 17.6. The highest BCUT2D eigenvalue weighted by Gasteiger charge is 2.13. The van der Waals surface area contributed by atoms with Gasteiger partial charge in [0.15, 0.2) is 23.1 Å². The van der Waals surface area contributed by atoms with Gasteiger partial charge in [-0.2, -0.15) is 5.10 Å². The fraction of sp³-hybridized carbons (Fsp3) is 0.235. The number of benzene rings is 1. The van der Waals surface area contributed by atoms with Crippen molar-refractivity contribution in [2.75, 3.05) is 6.54 Å². The first-order valence-corrected chi connectivity index (χ1v) is 7.80. The Bertz CT molecular complexity index is 907. The Morgan fingerprint density at radius 1 is 1.31 bits per heavy atom. The minimum absolute atomic E-state index is 0.0684. The van der Waals surface area contributed by atoms with E-state index < -0.39 is 11.6 Å². The third-order valence-electron chi connectivity index (χ3n) is 3.52. The maximum atomic E-state index is 13.1. The minimum Gasteiger partial charge on any atom is -0.485 e. The summed E-state index contributed by atoms with van der Waals surface area (Å²) in [4.78, 5) is 12.0. The van der Waals surface area contributed by atoms with Crippen molar-refractivity contribution in [2.45, 2.75) is 13.0 Å². The van der Waals surface area contributed by atoms with Gasteiger partial charge in [0.25, 0.3) is 5.91 Å². The first-order chi connectivity index (χ1) is 12.5. The highest BCUT2D eigenvalue weighted by atomic mass is 19.2. The number of amides is 1. The molecule has 26 heavy (non-hydrogen) atoms. The lowest BCUT2D eigenvalue weighted by atomic mass is 10.2. The molecule has 2 aromatic heterocycles. The maximum Gasteiger partial charge on any atom is 0.273 e. The fourth-order valence-corrected chi connectivity index (χ4v) is 2.22. The molecule has 1 aromatic carbocycles. The number of hydrogen-bond donors (Lipinski definition) is 1. The van der Waals surface area contributed by atoms with Gasteiger partial charge in [-0.25, -0.2) is 8.78 Å². The van der Waals surface area contributed by atoms with Gasteiger partial charge in [0.2, 0.25) is 0 Å². The summed E-state index contributed by atoms with van der Waals surface area (Å²) in [5, 5.41) is 10.4. The van der Waals surface area contributed by atoms with Crippen LogP contribution < -0.4 is 10.1 Å². The van der Waals surface area contributed by atoms with E-state index in [2.05, 4.69) is 15.6 Å². The average molecular weight is 362 g/mol. The van der Waals surface area contributed by atoms with E-state index >= 15 is 0 Å². The van der Waals surface area contributed by atoms with Crippen LogP contribution in [0.5, 0.6) is 5.75 Å². The molecular formula is C17H16F2N4O3. The predicted molar refractivity (Wildman–Crippen MR) is 86.4 cm³/mol. The highest BCUT2D eigenvalue weighted by molar-refractivity contribution is 5.92. The van der Waals surface area contributed by atoms with Gasteiger partial charge in [0.05, 0.1) is 6.20 Å². The Morgan fingerprint density at radius 3 is 2.88 bits per heavy atom. The number of carbonyl (C=O) groups is 1. The predicted octanol–water partition coefficient (Wildman–Crippen LogP) is 2.24. The Kier molecular flexibility index (Phi) is 5.26. The van der Waals surface area contributed by atoms with Crippen LogP contribution in [-0.4, -0.2) is 27.4 Å². The number of rotatable bonds is 7. The van der Waals surface area contributed by atoms with Crippen molar-refractivity contribution in [1.29, 1.82) is 0 Å². The second kappa shape index (κ2) is 7.77. The molecule has 0 saturated carbocycles. The average Bonchev–Trinajstić information content (AvgIpc) is 3.25. The molecule has 0 bridgehead atoms. The third-order valence-corrected chi connectivity index (χ3v) is 3.52. The van der Waals surface area contributed by atoms with Crippen molar-refractivity contribution < 1.29 is 22.8 Å². The first-order valence-electron chi connectivity index (χ1n) is 7.80. The highest BCUT2D eigenvalue weighted by Crippen LogP contribution is 2.17. The van der Waals surface area contributed by atoms with E-state index in [0.717, 1.165) is 17.7 Å². The van der Waals surface area contributed by atoms with E-state index in [1.54, 1.807) is 10.9 Å². The van der Waals surface area contributed by atoms with Crippen LogP contribution in [0, 0.1) is 11.6 Å². The lowest BCUT2D eigenvalue weighted by Gasteiger charge is -2.03. The van der Waals surface area contributed by atoms with Crippen LogP contribution in [0.2, 0.25) is 0 Å². The standard InChI is InChI=1S/C17H16F2N4O3/c1-23-9-11(8-21-23)4-5-20-17(24)16-7-13(26-22-16)10-25-12-2-3-14(18)15(19)6-12/h2-3,6-9H,4-5,10H2,1H3,(H,20,24). The maximum absolute atomic E-state index is 13.1. The number of hydrogen-bond acceptors (Lipinski definition) is 5. The Balaban J connectivity index is 1.48. The summed E-state index contributed by atoms with van der Waals surface area (Å²) in [6, 6.07) is 4.62. The van der Waals surface area contributed by atoms with Crippen molar-refractivity contribution in [3.63, 3.8) is 0 Å². The number of carbonyl (C=O) groups excluding carboxylic acids is 1. The monoisotopic (exact) mass is 362 g/mol. The van der Waals surface area contributed by atoms with E-state index in [1.165, 1.54) is 12.1 Å². The van der Waals surface area contributed by atoms with Gasteiger partial charge in [-0.3, -0.25) is 9.48 Å². The SMILES string of the molecule is Cn1cc(CCNC(=O)c2cc(COc3ccc(F)c(F)c3)on2)cn1. The number of aryl methyl sites for hydroxylation is 1. The molecule has 0 fully saturated rings. The summed E-state index contributed by atoms with van der Waals surface area (Å²) >= 11 is 0. The number of aromatic nitrogens is 3. The van der Waals surface area contributed by atoms with Crippen LogP contribution >= 0.6 is 0 Å². The summed E-state index contributed by atoms with van der Waals surface area (Å²) in [5.74, 6) is -1.91. The second-order valence-electron chi connectivity index (χ2n) is 5.57. The van der Waals surface area contributed by atoms with Gasteiger partial charge >= 0.3 is 0 Å². The lowest BCUT2D eigenvalue weighted by Crippen LogP contribution is -2.25. The Hall–Kier alpha value is -3.23. The summed E-state index contributed by atoms with van der Waals surface area (Å²) in [6.45, 7) is 0.360. The van der Waals surface area contributed by atoms with Gasteiger partial charge in [-0.15, -0.1) is 0 Å². The van der Waals surface area contributed by atoms with Crippen molar-refractivity contribution in [2.24, 2.45) is 7.05 Å². The smallest absolute Gasteiger partial charge is 0.273 e. The van der Waals surface area contributed by atoms with E-state index in [0.29, 0.717) is 13.0 Å². The fourth-order valence-electron chi connectivity index (χ4n) is 2.22. The van der Waals surface area contributed by atoms with E-state index in [-0.39, 0.29) is 29.7 Å². The largest absolute Gasteiger partial charge is 0.485 e. The number of halogens is 2. The van der Waals surface area contributed by atoms with Crippen LogP contribution in [0.3, 0.4) is 0 Å². The molecule has 0 aliphatic carbocycles. The number of nitrogens with one attached hydrogen (secondary N) is 1. The lowest BCUT2D eigenvalue weighted by molar-refractivity contribution is 0.0944. The molecule has 9 heteroatoms. The normalized spacial score (nSPS) is 10.7. The van der Waals surface area contributed by atoms with Crippen LogP contribution in [0.15, 0.2) is 41.2 Å². The molecule has 1 amide bonds. The van der Waals surface area contributed by atoms with Crippen LogP contribution in [0.1, 0.15) is 21.8 Å². The third kappa shape index (κ3) is 4.44. The van der Waals surface area contributed by atoms with Crippen LogP contribution in [-0.2, 0) is 20.1 Å². The van der Waals surface area contributed by atoms with Crippen molar-refractivity contribution in [3.8, 4) is 5.75 Å². The number of ether oxygens (including phenoxy) is 1. The van der Waals surface area contributed by atoms with Gasteiger partial charge < -0.3 is 14.6 Å². The summed E-state index contributed by atoms with van der Waals surface area (Å²) in [5.41, 5.74) is 1.12.